The fraction of sp³-hybridized carbons (Fsp3) is 0.364. The highest BCUT2D eigenvalue weighted by Gasteiger charge is 2.41. The SMILES string of the molecule is COC(=O)N(c1ccccc1)P1(=S)OCC(C)O1. The van der Waals surface area contributed by atoms with Gasteiger partial charge in [-0.05, 0) is 30.9 Å². The molecule has 1 aliphatic heterocycles. The summed E-state index contributed by atoms with van der Waals surface area (Å²) >= 11 is 5.38. The quantitative estimate of drug-likeness (QED) is 0.783. The van der Waals surface area contributed by atoms with E-state index in [0.29, 0.717) is 12.3 Å². The molecule has 7 heteroatoms. The number of hydrogen-bond donors (Lipinski definition) is 0. The maximum absolute atomic E-state index is 11.9. The maximum Gasteiger partial charge on any atom is 0.421 e. The molecule has 18 heavy (non-hydrogen) atoms. The number of anilines is 1. The summed E-state index contributed by atoms with van der Waals surface area (Å²) in [5, 5.41) is 0. The lowest BCUT2D eigenvalue weighted by Gasteiger charge is -2.28. The normalized spacial score (nSPS) is 26.9. The first-order valence-corrected chi connectivity index (χ1v) is 8.02. The lowest BCUT2D eigenvalue weighted by atomic mass is 10.3. The van der Waals surface area contributed by atoms with Gasteiger partial charge >= 0.3 is 6.09 Å². The van der Waals surface area contributed by atoms with Crippen LogP contribution in [0.3, 0.4) is 0 Å². The number of hydrogen-bond acceptors (Lipinski definition) is 5. The molecule has 1 amide bonds. The number of methoxy groups -OCH3 is 1. The zero-order valence-electron chi connectivity index (χ0n) is 10.1. The van der Waals surface area contributed by atoms with Gasteiger partial charge < -0.3 is 13.8 Å². The van der Waals surface area contributed by atoms with E-state index in [0.717, 1.165) is 0 Å². The number of ether oxygens (including phenoxy) is 1. The van der Waals surface area contributed by atoms with Crippen molar-refractivity contribution < 1.29 is 18.6 Å². The molecule has 2 atom stereocenters. The fourth-order valence-electron chi connectivity index (χ4n) is 1.59. The molecule has 2 unspecified atom stereocenters. The van der Waals surface area contributed by atoms with Crippen molar-refractivity contribution in [1.29, 1.82) is 0 Å². The molecule has 0 bridgehead atoms. The molecule has 0 aliphatic carbocycles. The van der Waals surface area contributed by atoms with E-state index in [1.165, 1.54) is 11.8 Å². The highest BCUT2D eigenvalue weighted by atomic mass is 32.5. The Kier molecular flexibility index (Phi) is 4.02. The standard InChI is InChI=1S/C11H14NO4PS/c1-9-8-15-17(18,16-9)12(11(13)14-2)10-6-4-3-5-7-10/h3-7,9H,8H2,1-2H3. The van der Waals surface area contributed by atoms with E-state index in [2.05, 4.69) is 0 Å². The van der Waals surface area contributed by atoms with Crippen molar-refractivity contribution in [2.24, 2.45) is 0 Å². The van der Waals surface area contributed by atoms with E-state index in [4.69, 9.17) is 25.6 Å². The number of carbonyl (C=O) groups is 1. The Bertz CT molecular complexity index is 481. The number of benzene rings is 1. The molecule has 1 fully saturated rings. The van der Waals surface area contributed by atoms with Crippen LogP contribution in [-0.2, 0) is 25.6 Å². The van der Waals surface area contributed by atoms with E-state index in [1.54, 1.807) is 12.1 Å². The first kappa shape index (κ1) is 13.5. The van der Waals surface area contributed by atoms with Crippen LogP contribution in [-0.4, -0.2) is 25.9 Å². The van der Waals surface area contributed by atoms with Crippen molar-refractivity contribution in [2.45, 2.75) is 13.0 Å². The average Bonchev–Trinajstić information content (AvgIpc) is 2.71. The summed E-state index contributed by atoms with van der Waals surface area (Å²) in [6.07, 6.45) is -0.690. The maximum atomic E-state index is 11.9. The molecular weight excluding hydrogens is 273 g/mol. The van der Waals surface area contributed by atoms with Gasteiger partial charge in [0.2, 0.25) is 0 Å². The van der Waals surface area contributed by atoms with E-state index in [1.807, 2.05) is 25.1 Å². The number of rotatable bonds is 2. The molecule has 0 aromatic heterocycles. The van der Waals surface area contributed by atoms with Gasteiger partial charge in [0, 0.05) is 0 Å². The number of nitrogens with zero attached hydrogens (tertiary/aromatic N) is 1. The Morgan fingerprint density at radius 2 is 2.17 bits per heavy atom. The summed E-state index contributed by atoms with van der Waals surface area (Å²) < 4.78 is 17.2. The average molecular weight is 287 g/mol. The molecule has 0 N–H and O–H groups in total. The van der Waals surface area contributed by atoms with E-state index < -0.39 is 12.7 Å². The lowest BCUT2D eigenvalue weighted by molar-refractivity contribution is 0.181. The molecule has 0 radical (unpaired) electrons. The van der Waals surface area contributed by atoms with E-state index in [-0.39, 0.29) is 6.10 Å². The van der Waals surface area contributed by atoms with Crippen molar-refractivity contribution in [3.05, 3.63) is 30.3 Å². The molecule has 1 aromatic rings. The van der Waals surface area contributed by atoms with Crippen LogP contribution in [0.2, 0.25) is 0 Å². The first-order chi connectivity index (χ1) is 8.57. The molecule has 1 aliphatic rings. The molecule has 1 aromatic carbocycles. The highest BCUT2D eigenvalue weighted by Crippen LogP contribution is 2.59. The summed E-state index contributed by atoms with van der Waals surface area (Å²) in [4.78, 5) is 11.9. The van der Waals surface area contributed by atoms with Crippen LogP contribution in [0.25, 0.3) is 0 Å². The number of carbonyl (C=O) groups excluding carboxylic acids is 1. The summed E-state index contributed by atoms with van der Waals surface area (Å²) in [5.41, 5.74) is 0.613. The van der Waals surface area contributed by atoms with Crippen LogP contribution in [0.1, 0.15) is 6.92 Å². The second kappa shape index (κ2) is 5.36. The topological polar surface area (TPSA) is 48.0 Å². The minimum absolute atomic E-state index is 0.119. The van der Waals surface area contributed by atoms with Gasteiger partial charge in [0.25, 0.3) is 6.64 Å². The van der Waals surface area contributed by atoms with Gasteiger partial charge in [0.1, 0.15) is 0 Å². The smallest absolute Gasteiger partial charge is 0.421 e. The third-order valence-electron chi connectivity index (χ3n) is 2.38. The highest BCUT2D eigenvalue weighted by molar-refractivity contribution is 8.11. The molecule has 0 saturated carbocycles. The Morgan fingerprint density at radius 3 is 2.67 bits per heavy atom. The molecule has 98 valence electrons. The van der Waals surface area contributed by atoms with Crippen LogP contribution in [0, 0.1) is 0 Å². The summed E-state index contributed by atoms with van der Waals surface area (Å²) in [7, 11) is 1.30. The lowest BCUT2D eigenvalue weighted by Crippen LogP contribution is -2.27. The largest absolute Gasteiger partial charge is 0.452 e. The zero-order chi connectivity index (χ0) is 13.2. The van der Waals surface area contributed by atoms with E-state index >= 15 is 0 Å². The minimum Gasteiger partial charge on any atom is -0.452 e. The van der Waals surface area contributed by atoms with Crippen LogP contribution in [0.4, 0.5) is 10.5 Å². The zero-order valence-corrected chi connectivity index (χ0v) is 11.8. The fourth-order valence-corrected chi connectivity index (χ4v) is 4.58. The van der Waals surface area contributed by atoms with E-state index in [9.17, 15) is 4.79 Å². The van der Waals surface area contributed by atoms with Gasteiger partial charge in [-0.2, -0.15) is 0 Å². The molecule has 0 spiro atoms. The molecule has 1 heterocycles. The third-order valence-corrected chi connectivity index (χ3v) is 5.43. The molecular formula is C11H14NO4PS. The molecule has 1 saturated heterocycles. The number of para-hydroxylation sites is 1. The summed E-state index contributed by atoms with van der Waals surface area (Å²) in [6, 6.07) is 9.01. The monoisotopic (exact) mass is 287 g/mol. The van der Waals surface area contributed by atoms with Crippen molar-refractivity contribution in [3.63, 3.8) is 0 Å². The van der Waals surface area contributed by atoms with Crippen molar-refractivity contribution >= 4 is 30.2 Å². The Balaban J connectivity index is 2.38. The van der Waals surface area contributed by atoms with Crippen LogP contribution >= 0.6 is 6.64 Å². The summed E-state index contributed by atoms with van der Waals surface area (Å²) in [5.74, 6) is 0. The van der Waals surface area contributed by atoms with Gasteiger partial charge in [0.15, 0.2) is 0 Å². The van der Waals surface area contributed by atoms with Crippen molar-refractivity contribution in [3.8, 4) is 0 Å². The van der Waals surface area contributed by atoms with Crippen LogP contribution in [0.15, 0.2) is 30.3 Å². The molecule has 2 rings (SSSR count). The predicted octanol–water partition coefficient (Wildman–Crippen LogP) is 2.92. The van der Waals surface area contributed by atoms with Crippen molar-refractivity contribution in [1.82, 2.24) is 0 Å². The van der Waals surface area contributed by atoms with Crippen LogP contribution in [0.5, 0.6) is 0 Å². The second-order valence-electron chi connectivity index (χ2n) is 3.80. The third kappa shape index (κ3) is 2.57. The Hall–Kier alpha value is -0.940. The minimum atomic E-state index is -2.84. The van der Waals surface area contributed by atoms with Gasteiger partial charge in [0.05, 0.1) is 25.5 Å². The van der Waals surface area contributed by atoms with Gasteiger partial charge in [-0.3, -0.25) is 0 Å². The first-order valence-electron chi connectivity index (χ1n) is 5.43. The van der Waals surface area contributed by atoms with Gasteiger partial charge in [-0.25, -0.2) is 9.46 Å². The van der Waals surface area contributed by atoms with Gasteiger partial charge in [-0.1, -0.05) is 18.2 Å². The van der Waals surface area contributed by atoms with Crippen molar-refractivity contribution in [2.75, 3.05) is 18.4 Å². The predicted molar refractivity (Wildman–Crippen MR) is 72.1 cm³/mol. The Morgan fingerprint density at radius 1 is 1.50 bits per heavy atom. The number of amides is 1. The Labute approximate surface area is 111 Å². The second-order valence-corrected chi connectivity index (χ2v) is 6.99. The summed E-state index contributed by atoms with van der Waals surface area (Å²) in [6.45, 7) is -0.597. The van der Waals surface area contributed by atoms with Crippen LogP contribution < -0.4 is 4.67 Å². The molecule has 5 nitrogen and oxygen atoms in total. The van der Waals surface area contributed by atoms with Gasteiger partial charge in [-0.15, -0.1) is 0 Å².